The Hall–Kier alpha value is -0.600. The highest BCUT2D eigenvalue weighted by Crippen LogP contribution is 2.40. The van der Waals surface area contributed by atoms with Gasteiger partial charge >= 0.3 is 0 Å². The minimum absolute atomic E-state index is 0. The van der Waals surface area contributed by atoms with Crippen LogP contribution in [0.4, 0.5) is 5.69 Å². The van der Waals surface area contributed by atoms with Gasteiger partial charge in [-0.2, -0.15) is 0 Å². The van der Waals surface area contributed by atoms with Crippen molar-refractivity contribution >= 4 is 46.4 Å². The molecule has 1 aliphatic rings. The first-order chi connectivity index (χ1) is 10.4. The monoisotopic (exact) mass is 443 g/mol. The van der Waals surface area contributed by atoms with Crippen LogP contribution in [0.2, 0.25) is 0 Å². The van der Waals surface area contributed by atoms with Crippen LogP contribution in [0.25, 0.3) is 0 Å². The van der Waals surface area contributed by atoms with Gasteiger partial charge in [-0.25, -0.2) is 0 Å². The molecule has 0 radical (unpaired) electrons. The maximum atomic E-state index is 11.1. The van der Waals surface area contributed by atoms with E-state index in [0.717, 1.165) is 32.6 Å². The van der Waals surface area contributed by atoms with E-state index in [2.05, 4.69) is 40.0 Å². The van der Waals surface area contributed by atoms with E-state index >= 15 is 0 Å². The van der Waals surface area contributed by atoms with E-state index in [1.54, 1.807) is 0 Å². The first-order valence-corrected chi connectivity index (χ1v) is 8.31. The third-order valence-corrected chi connectivity index (χ3v) is 4.54. The molecule has 1 fully saturated rings. The zero-order chi connectivity index (χ0) is 16.3. The Labute approximate surface area is 163 Å². The van der Waals surface area contributed by atoms with Gasteiger partial charge < -0.3 is 10.4 Å². The number of hydrogen-bond acceptors (Lipinski definition) is 5. The van der Waals surface area contributed by atoms with Gasteiger partial charge in [0.1, 0.15) is 5.75 Å². The smallest absolute Gasteiger partial charge is 0.271 e. The summed E-state index contributed by atoms with van der Waals surface area (Å²) in [4.78, 5) is 13.0. The largest absolute Gasteiger partial charge is 0.506 e. The Morgan fingerprint density at radius 3 is 2.42 bits per heavy atom. The molecule has 0 unspecified atom stereocenters. The lowest BCUT2D eigenvalue weighted by Gasteiger charge is -2.36. The zero-order valence-corrected chi connectivity index (χ0v) is 16.9. The Morgan fingerprint density at radius 1 is 1.33 bits per heavy atom. The van der Waals surface area contributed by atoms with Crippen LogP contribution in [-0.4, -0.2) is 41.1 Å². The molecule has 1 saturated heterocycles. The van der Waals surface area contributed by atoms with Gasteiger partial charge in [0.25, 0.3) is 5.69 Å². The van der Waals surface area contributed by atoms with Crippen LogP contribution >= 0.6 is 40.7 Å². The minimum Gasteiger partial charge on any atom is -0.506 e. The van der Waals surface area contributed by atoms with E-state index in [1.165, 1.54) is 12.1 Å². The summed E-state index contributed by atoms with van der Waals surface area (Å²) in [6, 6.07) is 2.84. The summed E-state index contributed by atoms with van der Waals surface area (Å²) in [6.45, 7) is 7.78. The molecular weight excluding hydrogens is 421 g/mol. The topological polar surface area (TPSA) is 78.6 Å². The molecule has 1 aliphatic heterocycles. The van der Waals surface area contributed by atoms with Crippen molar-refractivity contribution in [1.82, 2.24) is 10.2 Å². The first-order valence-electron chi connectivity index (χ1n) is 7.51. The Morgan fingerprint density at radius 2 is 1.92 bits per heavy atom. The summed E-state index contributed by atoms with van der Waals surface area (Å²) in [5.74, 6) is 0.534. The summed E-state index contributed by atoms with van der Waals surface area (Å²) >= 11 is 3.24. The van der Waals surface area contributed by atoms with Crippen molar-refractivity contribution in [2.24, 2.45) is 5.92 Å². The van der Waals surface area contributed by atoms with Crippen molar-refractivity contribution in [2.45, 2.75) is 26.3 Å². The van der Waals surface area contributed by atoms with E-state index < -0.39 is 4.92 Å². The van der Waals surface area contributed by atoms with E-state index in [1.807, 2.05) is 0 Å². The van der Waals surface area contributed by atoms with Gasteiger partial charge in [-0.15, -0.1) is 24.8 Å². The normalized spacial score (nSPS) is 16.2. The van der Waals surface area contributed by atoms with Crippen LogP contribution in [0.3, 0.4) is 0 Å². The molecule has 138 valence electrons. The quantitative estimate of drug-likeness (QED) is 0.531. The van der Waals surface area contributed by atoms with Gasteiger partial charge in [-0.3, -0.25) is 15.0 Å². The molecule has 1 aromatic rings. The van der Waals surface area contributed by atoms with Gasteiger partial charge in [-0.05, 0) is 28.3 Å². The predicted octanol–water partition coefficient (Wildman–Crippen LogP) is 3.90. The molecule has 0 aliphatic carbocycles. The molecule has 6 nitrogen and oxygen atoms in total. The third kappa shape index (κ3) is 5.74. The van der Waals surface area contributed by atoms with Crippen LogP contribution in [0.15, 0.2) is 16.6 Å². The number of nitrogens with one attached hydrogen (secondary N) is 1. The summed E-state index contributed by atoms with van der Waals surface area (Å²) in [5, 5.41) is 24.8. The Kier molecular flexibility index (Phi) is 10.1. The molecule has 2 N–H and O–H groups in total. The Bertz CT molecular complexity index is 555. The number of nitro groups is 1. The third-order valence-electron chi connectivity index (χ3n) is 3.93. The number of phenols is 1. The molecule has 0 aromatic heterocycles. The molecule has 0 bridgehead atoms. The molecule has 0 saturated carbocycles. The zero-order valence-electron chi connectivity index (χ0n) is 13.7. The second kappa shape index (κ2) is 10.4. The highest BCUT2D eigenvalue weighted by molar-refractivity contribution is 9.10. The molecule has 2 rings (SSSR count). The van der Waals surface area contributed by atoms with Gasteiger partial charge in [0.15, 0.2) is 0 Å². The van der Waals surface area contributed by atoms with E-state index in [4.69, 9.17) is 0 Å². The van der Waals surface area contributed by atoms with Crippen LogP contribution in [0, 0.1) is 16.0 Å². The first kappa shape index (κ1) is 23.4. The average Bonchev–Trinajstić information content (AvgIpc) is 2.48. The molecule has 24 heavy (non-hydrogen) atoms. The fourth-order valence-electron chi connectivity index (χ4n) is 2.88. The molecule has 0 amide bonds. The summed E-state index contributed by atoms with van der Waals surface area (Å²) in [7, 11) is 0. The van der Waals surface area contributed by atoms with E-state index in [0.29, 0.717) is 16.0 Å². The van der Waals surface area contributed by atoms with Crippen molar-refractivity contribution < 1.29 is 10.0 Å². The minimum atomic E-state index is -0.419. The number of halogens is 3. The summed E-state index contributed by atoms with van der Waals surface area (Å²) in [5.41, 5.74) is 0.639. The number of aromatic hydroxyl groups is 1. The second-order valence-corrected chi connectivity index (χ2v) is 6.91. The van der Waals surface area contributed by atoms with Crippen LogP contribution in [0.1, 0.15) is 31.9 Å². The number of rotatable bonds is 5. The lowest BCUT2D eigenvalue weighted by molar-refractivity contribution is -0.385. The molecule has 1 atom stereocenters. The maximum Gasteiger partial charge on any atom is 0.271 e. The van der Waals surface area contributed by atoms with Crippen LogP contribution in [0.5, 0.6) is 5.75 Å². The molecule has 1 aromatic carbocycles. The van der Waals surface area contributed by atoms with Crippen molar-refractivity contribution in [1.29, 1.82) is 0 Å². The van der Waals surface area contributed by atoms with Gasteiger partial charge in [-0.1, -0.05) is 13.8 Å². The Balaban J connectivity index is 0.00000264. The van der Waals surface area contributed by atoms with E-state index in [-0.39, 0.29) is 42.3 Å². The lowest BCUT2D eigenvalue weighted by Crippen LogP contribution is -2.45. The highest BCUT2D eigenvalue weighted by Gasteiger charge is 2.28. The SMILES string of the molecule is CC(C)C[C@@H](c1cc([N+](=O)[O-])cc(Br)c1O)N1CCNCC1.Cl.Cl. The fourth-order valence-corrected chi connectivity index (χ4v) is 3.34. The summed E-state index contributed by atoms with van der Waals surface area (Å²) < 4.78 is 0.376. The number of hydrogen-bond donors (Lipinski definition) is 2. The number of phenolic OH excluding ortho intramolecular Hbond substituents is 1. The molecular formula is C15H24BrCl2N3O3. The van der Waals surface area contributed by atoms with Crippen molar-refractivity contribution in [3.8, 4) is 5.75 Å². The number of non-ortho nitro benzene ring substituents is 1. The van der Waals surface area contributed by atoms with Gasteiger partial charge in [0, 0.05) is 49.9 Å². The maximum absolute atomic E-state index is 11.1. The highest BCUT2D eigenvalue weighted by atomic mass is 79.9. The van der Waals surface area contributed by atoms with E-state index in [9.17, 15) is 15.2 Å². The number of piperazine rings is 1. The van der Waals surface area contributed by atoms with Crippen LogP contribution < -0.4 is 5.32 Å². The number of nitrogens with zero attached hydrogens (tertiary/aromatic N) is 2. The van der Waals surface area contributed by atoms with Crippen LogP contribution in [-0.2, 0) is 0 Å². The number of benzene rings is 1. The summed E-state index contributed by atoms with van der Waals surface area (Å²) in [6.07, 6.45) is 0.848. The number of nitro benzene ring substituents is 1. The standard InChI is InChI=1S/C15H22BrN3O3.2ClH/c1-10(2)7-14(18-5-3-17-4-6-18)12-8-11(19(21)22)9-13(16)15(12)20;;/h8-10,14,17,20H,3-7H2,1-2H3;2*1H/t14-;;/m0../s1. The average molecular weight is 445 g/mol. The second-order valence-electron chi connectivity index (χ2n) is 6.05. The predicted molar refractivity (Wildman–Crippen MR) is 104 cm³/mol. The molecule has 9 heteroatoms. The fraction of sp³-hybridized carbons (Fsp3) is 0.600. The lowest BCUT2D eigenvalue weighted by atomic mass is 9.94. The van der Waals surface area contributed by atoms with Crippen molar-refractivity contribution in [2.75, 3.05) is 26.2 Å². The van der Waals surface area contributed by atoms with Crippen molar-refractivity contribution in [3.05, 3.63) is 32.3 Å². The van der Waals surface area contributed by atoms with Gasteiger partial charge in [0.2, 0.25) is 0 Å². The molecule has 1 heterocycles. The van der Waals surface area contributed by atoms with Crippen molar-refractivity contribution in [3.63, 3.8) is 0 Å². The molecule has 0 spiro atoms. The van der Waals surface area contributed by atoms with Gasteiger partial charge in [0.05, 0.1) is 9.40 Å².